The van der Waals surface area contributed by atoms with Crippen LogP contribution in [-0.4, -0.2) is 28.5 Å². The number of carbonyl (C=O) groups is 2. The predicted molar refractivity (Wildman–Crippen MR) is 86.5 cm³/mol. The molecular weight excluding hydrogens is 302 g/mol. The summed E-state index contributed by atoms with van der Waals surface area (Å²) in [6.07, 6.45) is 4.01. The van der Waals surface area contributed by atoms with Crippen molar-refractivity contribution in [2.75, 3.05) is 12.4 Å². The van der Waals surface area contributed by atoms with Crippen molar-refractivity contribution in [3.05, 3.63) is 34.6 Å². The first-order chi connectivity index (χ1) is 10.5. The van der Waals surface area contributed by atoms with Gasteiger partial charge in [-0.2, -0.15) is 0 Å². The molecule has 1 amide bonds. The van der Waals surface area contributed by atoms with Crippen molar-refractivity contribution in [3.63, 3.8) is 0 Å². The maximum absolute atomic E-state index is 11.3. The van der Waals surface area contributed by atoms with Crippen molar-refractivity contribution in [1.29, 1.82) is 0 Å². The van der Waals surface area contributed by atoms with Gasteiger partial charge in [0.05, 0.1) is 19.2 Å². The van der Waals surface area contributed by atoms with E-state index in [2.05, 4.69) is 15.0 Å². The summed E-state index contributed by atoms with van der Waals surface area (Å²) in [6.45, 7) is 1.45. The number of ether oxygens (including phenoxy) is 1. The molecule has 0 radical (unpaired) electrons. The maximum Gasteiger partial charge on any atom is 0.311 e. The molecule has 7 heteroatoms. The van der Waals surface area contributed by atoms with Crippen molar-refractivity contribution in [1.82, 2.24) is 9.55 Å². The molecular formula is C15H17N3O3S. The smallest absolute Gasteiger partial charge is 0.311 e. The van der Waals surface area contributed by atoms with Gasteiger partial charge in [-0.15, -0.1) is 11.3 Å². The van der Waals surface area contributed by atoms with Gasteiger partial charge in [-0.05, 0) is 24.3 Å². The van der Waals surface area contributed by atoms with Crippen LogP contribution in [0.4, 0.5) is 5.13 Å². The van der Waals surface area contributed by atoms with Gasteiger partial charge in [-0.1, -0.05) is 0 Å². The van der Waals surface area contributed by atoms with E-state index in [1.165, 1.54) is 25.4 Å². The first-order valence-electron chi connectivity index (χ1n) is 6.62. The zero-order chi connectivity index (χ0) is 16.1. The summed E-state index contributed by atoms with van der Waals surface area (Å²) in [4.78, 5) is 26.6. The monoisotopic (exact) mass is 319 g/mol. The zero-order valence-corrected chi connectivity index (χ0v) is 13.4. The van der Waals surface area contributed by atoms with Gasteiger partial charge in [0.15, 0.2) is 5.13 Å². The maximum atomic E-state index is 11.3. The molecule has 2 aromatic heterocycles. The first kappa shape index (κ1) is 16.0. The van der Waals surface area contributed by atoms with E-state index in [9.17, 15) is 9.59 Å². The third-order valence-corrected chi connectivity index (χ3v) is 3.82. The topological polar surface area (TPSA) is 73.2 Å². The number of nitrogens with one attached hydrogen (secondary N) is 1. The molecule has 0 bridgehead atoms. The molecule has 0 saturated heterocycles. The molecule has 0 atom stereocenters. The average molecular weight is 319 g/mol. The van der Waals surface area contributed by atoms with Crippen molar-refractivity contribution >= 4 is 40.5 Å². The Balaban J connectivity index is 2.08. The van der Waals surface area contributed by atoms with Gasteiger partial charge in [0.1, 0.15) is 0 Å². The minimum Gasteiger partial charge on any atom is -0.469 e. The number of amides is 1. The molecule has 2 aromatic rings. The lowest BCUT2D eigenvalue weighted by Crippen LogP contribution is -2.08. The molecule has 0 aromatic carbocycles. The van der Waals surface area contributed by atoms with Crippen molar-refractivity contribution in [2.24, 2.45) is 7.05 Å². The van der Waals surface area contributed by atoms with Gasteiger partial charge in [0.2, 0.25) is 5.91 Å². The minimum atomic E-state index is -0.267. The zero-order valence-electron chi connectivity index (χ0n) is 12.6. The average Bonchev–Trinajstić information content (AvgIpc) is 3.04. The summed E-state index contributed by atoms with van der Waals surface area (Å²) in [5.41, 5.74) is 2.60. The Morgan fingerprint density at radius 2 is 2.18 bits per heavy atom. The first-order valence-corrected chi connectivity index (χ1v) is 7.50. The van der Waals surface area contributed by atoms with Crippen LogP contribution < -0.4 is 5.32 Å². The van der Waals surface area contributed by atoms with Gasteiger partial charge in [0.25, 0.3) is 0 Å². The quantitative estimate of drug-likeness (QED) is 0.859. The van der Waals surface area contributed by atoms with Gasteiger partial charge >= 0.3 is 5.97 Å². The van der Waals surface area contributed by atoms with Crippen LogP contribution >= 0.6 is 11.3 Å². The Kier molecular flexibility index (Phi) is 5.11. The van der Waals surface area contributed by atoms with E-state index in [1.54, 1.807) is 0 Å². The Labute approximate surface area is 132 Å². The highest BCUT2D eigenvalue weighted by molar-refractivity contribution is 7.14. The Morgan fingerprint density at radius 1 is 1.41 bits per heavy atom. The number of hydrogen-bond donors (Lipinski definition) is 1. The van der Waals surface area contributed by atoms with E-state index in [1.807, 2.05) is 41.3 Å². The van der Waals surface area contributed by atoms with Crippen molar-refractivity contribution < 1.29 is 14.3 Å². The number of aromatic nitrogens is 2. The van der Waals surface area contributed by atoms with Crippen LogP contribution in [0.1, 0.15) is 24.0 Å². The van der Waals surface area contributed by atoms with Crippen molar-refractivity contribution in [2.45, 2.75) is 13.3 Å². The van der Waals surface area contributed by atoms with Crippen LogP contribution in [0.5, 0.6) is 0 Å². The number of anilines is 1. The molecule has 116 valence electrons. The van der Waals surface area contributed by atoms with Crippen LogP contribution in [0, 0.1) is 0 Å². The summed E-state index contributed by atoms with van der Waals surface area (Å²) in [5.74, 6) is -0.407. The molecule has 0 fully saturated rings. The molecule has 0 saturated carbocycles. The number of rotatable bonds is 5. The highest BCUT2D eigenvalue weighted by atomic mass is 32.1. The third kappa shape index (κ3) is 4.05. The van der Waals surface area contributed by atoms with E-state index in [-0.39, 0.29) is 18.3 Å². The second kappa shape index (κ2) is 7.04. The number of methoxy groups -OCH3 is 1. The largest absolute Gasteiger partial charge is 0.469 e. The van der Waals surface area contributed by atoms with E-state index in [0.717, 1.165) is 17.1 Å². The van der Waals surface area contributed by atoms with Gasteiger partial charge in [-0.25, -0.2) is 4.98 Å². The van der Waals surface area contributed by atoms with Crippen LogP contribution in [0.2, 0.25) is 0 Å². The van der Waals surface area contributed by atoms with Crippen LogP contribution in [0.15, 0.2) is 17.5 Å². The van der Waals surface area contributed by atoms with Crippen molar-refractivity contribution in [3.8, 4) is 0 Å². The summed E-state index contributed by atoms with van der Waals surface area (Å²) >= 11 is 1.37. The summed E-state index contributed by atoms with van der Waals surface area (Å²) in [5, 5.41) is 5.08. The molecule has 0 aliphatic rings. The fourth-order valence-electron chi connectivity index (χ4n) is 1.88. The fraction of sp³-hybridized carbons (Fsp3) is 0.267. The Bertz CT molecular complexity index is 715. The van der Waals surface area contributed by atoms with E-state index >= 15 is 0 Å². The number of hydrogen-bond acceptors (Lipinski definition) is 5. The lowest BCUT2D eigenvalue weighted by Gasteiger charge is -2.03. The van der Waals surface area contributed by atoms with Gasteiger partial charge < -0.3 is 14.6 Å². The fourth-order valence-corrected chi connectivity index (χ4v) is 2.60. The standard InChI is InChI=1S/C15H17N3O3S/c1-10(19)16-15-17-11(9-22-15)4-5-12-6-7-13(18(12)2)8-14(20)21-3/h4-7,9H,8H2,1-3H3,(H,16,17,19)/b5-4+. The molecule has 0 aliphatic heterocycles. The number of nitrogens with zero attached hydrogens (tertiary/aromatic N) is 2. The van der Waals surface area contributed by atoms with E-state index in [4.69, 9.17) is 0 Å². The second-order valence-corrected chi connectivity index (χ2v) is 5.51. The Morgan fingerprint density at radius 3 is 2.86 bits per heavy atom. The van der Waals surface area contributed by atoms with Crippen LogP contribution in [-0.2, 0) is 27.8 Å². The van der Waals surface area contributed by atoms with Gasteiger partial charge in [-0.3, -0.25) is 9.59 Å². The lowest BCUT2D eigenvalue weighted by molar-refractivity contribution is -0.139. The summed E-state index contributed by atoms with van der Waals surface area (Å²) in [6, 6.07) is 3.82. The lowest BCUT2D eigenvalue weighted by atomic mass is 10.3. The predicted octanol–water partition coefficient (Wildman–Crippen LogP) is 2.33. The molecule has 2 rings (SSSR count). The van der Waals surface area contributed by atoms with Crippen LogP contribution in [0.3, 0.4) is 0 Å². The molecule has 6 nitrogen and oxygen atoms in total. The highest BCUT2D eigenvalue weighted by Gasteiger charge is 2.08. The summed E-state index contributed by atoms with van der Waals surface area (Å²) < 4.78 is 6.59. The van der Waals surface area contributed by atoms with E-state index < -0.39 is 0 Å². The van der Waals surface area contributed by atoms with E-state index in [0.29, 0.717) is 5.13 Å². The van der Waals surface area contributed by atoms with Crippen LogP contribution in [0.25, 0.3) is 12.2 Å². The second-order valence-electron chi connectivity index (χ2n) is 4.65. The number of esters is 1. The molecule has 2 heterocycles. The molecule has 0 aliphatic carbocycles. The molecule has 22 heavy (non-hydrogen) atoms. The third-order valence-electron chi connectivity index (χ3n) is 3.05. The normalized spacial score (nSPS) is 10.9. The Hall–Kier alpha value is -2.41. The minimum absolute atomic E-state index is 0.139. The SMILES string of the molecule is COC(=O)Cc1ccc(/C=C/c2csc(NC(C)=O)n2)n1C. The summed E-state index contributed by atoms with van der Waals surface area (Å²) in [7, 11) is 3.27. The molecule has 0 unspecified atom stereocenters. The molecule has 1 N–H and O–H groups in total. The number of thiazole rings is 1. The molecule has 0 spiro atoms. The van der Waals surface area contributed by atoms with Gasteiger partial charge in [0, 0.05) is 30.7 Å². The highest BCUT2D eigenvalue weighted by Crippen LogP contribution is 2.18. The number of carbonyl (C=O) groups excluding carboxylic acids is 2.